The van der Waals surface area contributed by atoms with E-state index in [9.17, 15) is 9.59 Å². The van der Waals surface area contributed by atoms with Gasteiger partial charge in [-0.3, -0.25) is 10.1 Å². The van der Waals surface area contributed by atoms with E-state index in [4.69, 9.17) is 5.11 Å². The van der Waals surface area contributed by atoms with E-state index in [1.54, 1.807) is 0 Å². The second-order valence-electron chi connectivity index (χ2n) is 8.05. The van der Waals surface area contributed by atoms with Crippen molar-refractivity contribution in [2.45, 2.75) is 38.0 Å². The molecular weight excluding hydrogens is 422 g/mol. The van der Waals surface area contributed by atoms with Gasteiger partial charge in [-0.1, -0.05) is 59.9 Å². The Morgan fingerprint density at radius 2 is 1.72 bits per heavy atom. The molecule has 7 heteroatoms. The number of allylic oxidation sites excluding steroid dienone is 1. The number of carboxylic acids is 1. The lowest BCUT2D eigenvalue weighted by atomic mass is 9.78. The Labute approximate surface area is 191 Å². The van der Waals surface area contributed by atoms with Crippen molar-refractivity contribution in [3.8, 4) is 0 Å². The summed E-state index contributed by atoms with van der Waals surface area (Å²) in [4.78, 5) is 23.3. The van der Waals surface area contributed by atoms with Crippen molar-refractivity contribution in [1.82, 2.24) is 10.2 Å². The van der Waals surface area contributed by atoms with Gasteiger partial charge >= 0.3 is 5.97 Å². The lowest BCUT2D eigenvalue weighted by Gasteiger charge is -2.27. The molecule has 2 aromatic carbocycles. The molecule has 6 nitrogen and oxygen atoms in total. The van der Waals surface area contributed by atoms with Crippen LogP contribution in [0.4, 0.5) is 5.13 Å². The number of anilines is 1. The molecule has 1 amide bonds. The summed E-state index contributed by atoms with van der Waals surface area (Å²) in [7, 11) is 0. The third-order valence-corrected chi connectivity index (χ3v) is 6.65. The largest absolute Gasteiger partial charge is 0.478 e. The minimum absolute atomic E-state index is 0.193. The van der Waals surface area contributed by atoms with Gasteiger partial charge in [0, 0.05) is 18.1 Å². The average Bonchev–Trinajstić information content (AvgIpc) is 3.25. The van der Waals surface area contributed by atoms with Crippen molar-refractivity contribution in [2.24, 2.45) is 5.92 Å². The van der Waals surface area contributed by atoms with Crippen LogP contribution in [0.3, 0.4) is 0 Å². The standard InChI is InChI=1S/C25H25N3O3S/c29-23(30)15-8-17-6-9-19(10-7-17)20-11-13-21(14-12-20)24(31)26-25-28-27-22(32-25)16-18-4-2-1-3-5-18/h1-5,8,11-15,17,19H,6-7,9-10,16H2,(H,29,30)(H,26,28,31)/b15-8+/t17-,19-. The van der Waals surface area contributed by atoms with Crippen LogP contribution in [0.25, 0.3) is 0 Å². The Morgan fingerprint density at radius 1 is 1.00 bits per heavy atom. The van der Waals surface area contributed by atoms with E-state index in [2.05, 4.69) is 15.5 Å². The van der Waals surface area contributed by atoms with Gasteiger partial charge in [-0.15, -0.1) is 10.2 Å². The molecule has 0 saturated heterocycles. The summed E-state index contributed by atoms with van der Waals surface area (Å²) in [6.45, 7) is 0. The first kappa shape index (κ1) is 21.9. The normalized spacial score (nSPS) is 18.5. The molecule has 32 heavy (non-hydrogen) atoms. The first-order valence-corrected chi connectivity index (χ1v) is 11.6. The molecule has 2 N–H and O–H groups in total. The molecule has 1 aliphatic rings. The highest BCUT2D eigenvalue weighted by molar-refractivity contribution is 7.15. The molecule has 1 saturated carbocycles. The summed E-state index contributed by atoms with van der Waals surface area (Å²) in [6.07, 6.45) is 7.77. The number of carboxylic acid groups (broad SMARTS) is 1. The van der Waals surface area contributed by atoms with Crippen LogP contribution in [-0.4, -0.2) is 27.2 Å². The summed E-state index contributed by atoms with van der Waals surface area (Å²) in [5.41, 5.74) is 2.97. The fourth-order valence-electron chi connectivity index (χ4n) is 4.09. The smallest absolute Gasteiger partial charge is 0.327 e. The highest BCUT2D eigenvalue weighted by atomic mass is 32.1. The summed E-state index contributed by atoms with van der Waals surface area (Å²) >= 11 is 1.39. The van der Waals surface area contributed by atoms with Gasteiger partial charge < -0.3 is 5.11 Å². The summed E-state index contributed by atoms with van der Waals surface area (Å²) < 4.78 is 0. The predicted octanol–water partition coefficient (Wildman–Crippen LogP) is 5.30. The number of carbonyl (C=O) groups is 2. The molecule has 0 radical (unpaired) electrons. The van der Waals surface area contributed by atoms with Gasteiger partial charge in [-0.05, 0) is 60.8 Å². The van der Waals surface area contributed by atoms with Crippen LogP contribution in [-0.2, 0) is 11.2 Å². The molecule has 164 valence electrons. The van der Waals surface area contributed by atoms with Crippen molar-refractivity contribution in [3.63, 3.8) is 0 Å². The monoisotopic (exact) mass is 447 g/mol. The molecule has 1 aliphatic carbocycles. The number of rotatable bonds is 7. The number of aromatic nitrogens is 2. The maximum absolute atomic E-state index is 12.6. The molecule has 1 heterocycles. The number of carbonyl (C=O) groups excluding carboxylic acids is 1. The van der Waals surface area contributed by atoms with Gasteiger partial charge in [0.2, 0.25) is 5.13 Å². The molecule has 0 unspecified atom stereocenters. The number of amides is 1. The van der Waals surface area contributed by atoms with Crippen molar-refractivity contribution >= 4 is 28.3 Å². The molecule has 1 aromatic heterocycles. The fourth-order valence-corrected chi connectivity index (χ4v) is 4.85. The maximum Gasteiger partial charge on any atom is 0.327 e. The number of nitrogens with zero attached hydrogens (tertiary/aromatic N) is 2. The molecule has 0 bridgehead atoms. The van der Waals surface area contributed by atoms with Crippen LogP contribution >= 0.6 is 11.3 Å². The van der Waals surface area contributed by atoms with E-state index in [-0.39, 0.29) is 5.91 Å². The van der Waals surface area contributed by atoms with Gasteiger partial charge in [0.05, 0.1) is 0 Å². The first-order valence-electron chi connectivity index (χ1n) is 10.8. The molecule has 0 atom stereocenters. The van der Waals surface area contributed by atoms with Crippen LogP contribution in [0.15, 0.2) is 66.7 Å². The number of hydrogen-bond donors (Lipinski definition) is 2. The van der Waals surface area contributed by atoms with E-state index in [0.717, 1.165) is 36.3 Å². The van der Waals surface area contributed by atoms with Gasteiger partial charge in [0.25, 0.3) is 5.91 Å². The lowest BCUT2D eigenvalue weighted by molar-refractivity contribution is -0.131. The third-order valence-electron chi connectivity index (χ3n) is 5.81. The third kappa shape index (κ3) is 5.88. The van der Waals surface area contributed by atoms with Gasteiger partial charge in [0.1, 0.15) is 5.01 Å². The maximum atomic E-state index is 12.6. The molecular formula is C25H25N3O3S. The van der Waals surface area contributed by atoms with Crippen LogP contribution in [0, 0.1) is 5.92 Å². The Bertz CT molecular complexity index is 1090. The Morgan fingerprint density at radius 3 is 2.41 bits per heavy atom. The van der Waals surface area contributed by atoms with Crippen molar-refractivity contribution in [3.05, 3.63) is 88.4 Å². The Hall–Kier alpha value is -3.32. The van der Waals surface area contributed by atoms with Crippen molar-refractivity contribution in [2.75, 3.05) is 5.32 Å². The SMILES string of the molecule is O=C(O)/C=C/[C@H]1CC[C@H](c2ccc(C(=O)Nc3nnc(Cc4ccccc4)s3)cc2)CC1. The predicted molar refractivity (Wildman–Crippen MR) is 125 cm³/mol. The van der Waals surface area contributed by atoms with E-state index in [1.807, 2.05) is 60.7 Å². The number of aliphatic carboxylic acids is 1. The van der Waals surface area contributed by atoms with Crippen LogP contribution in [0.1, 0.15) is 58.1 Å². The molecule has 1 fully saturated rings. The van der Waals surface area contributed by atoms with Crippen LogP contribution < -0.4 is 5.32 Å². The lowest BCUT2D eigenvalue weighted by Crippen LogP contribution is -2.14. The van der Waals surface area contributed by atoms with Crippen molar-refractivity contribution in [1.29, 1.82) is 0 Å². The van der Waals surface area contributed by atoms with Gasteiger partial charge in [-0.2, -0.15) is 0 Å². The first-order chi connectivity index (χ1) is 15.6. The zero-order chi connectivity index (χ0) is 22.3. The zero-order valence-corrected chi connectivity index (χ0v) is 18.4. The second kappa shape index (κ2) is 10.3. The second-order valence-corrected chi connectivity index (χ2v) is 9.11. The van der Waals surface area contributed by atoms with Crippen LogP contribution in [0.2, 0.25) is 0 Å². The highest BCUT2D eigenvalue weighted by Crippen LogP contribution is 2.36. The van der Waals surface area contributed by atoms with Crippen molar-refractivity contribution < 1.29 is 14.7 Å². The quantitative estimate of drug-likeness (QED) is 0.480. The van der Waals surface area contributed by atoms with Gasteiger partial charge in [-0.25, -0.2) is 4.79 Å². The molecule has 4 rings (SSSR count). The van der Waals surface area contributed by atoms with E-state index in [1.165, 1.54) is 23.0 Å². The summed E-state index contributed by atoms with van der Waals surface area (Å²) in [6, 6.07) is 17.8. The van der Waals surface area contributed by atoms with Crippen LogP contribution in [0.5, 0.6) is 0 Å². The number of nitrogens with one attached hydrogen (secondary N) is 1. The number of hydrogen-bond acceptors (Lipinski definition) is 5. The highest BCUT2D eigenvalue weighted by Gasteiger charge is 2.21. The van der Waals surface area contributed by atoms with E-state index in [0.29, 0.717) is 29.0 Å². The zero-order valence-electron chi connectivity index (χ0n) is 17.6. The Kier molecular flexibility index (Phi) is 7.07. The topological polar surface area (TPSA) is 92.2 Å². The van der Waals surface area contributed by atoms with Gasteiger partial charge in [0.15, 0.2) is 0 Å². The summed E-state index contributed by atoms with van der Waals surface area (Å²) in [5, 5.41) is 21.2. The fraction of sp³-hybridized carbons (Fsp3) is 0.280. The average molecular weight is 448 g/mol. The minimum Gasteiger partial charge on any atom is -0.478 e. The number of benzene rings is 2. The van der Waals surface area contributed by atoms with E-state index >= 15 is 0 Å². The summed E-state index contributed by atoms with van der Waals surface area (Å²) in [5.74, 6) is -0.292. The molecule has 0 aliphatic heterocycles. The molecule has 3 aromatic rings. The van der Waals surface area contributed by atoms with E-state index < -0.39 is 5.97 Å². The molecule has 0 spiro atoms. The minimum atomic E-state index is -0.887. The Balaban J connectivity index is 1.31.